The number of para-hydroxylation sites is 2. The Labute approximate surface area is 101 Å². The third-order valence-corrected chi connectivity index (χ3v) is 3.21. The van der Waals surface area contributed by atoms with Gasteiger partial charge in [0.25, 0.3) is 0 Å². The van der Waals surface area contributed by atoms with Crippen LogP contribution in [0.15, 0.2) is 24.3 Å². The summed E-state index contributed by atoms with van der Waals surface area (Å²) >= 11 is 0. The number of ether oxygens (including phenoxy) is 1. The minimum atomic E-state index is -0.213. The van der Waals surface area contributed by atoms with E-state index in [-0.39, 0.29) is 11.3 Å². The van der Waals surface area contributed by atoms with Gasteiger partial charge in [-0.2, -0.15) is 0 Å². The van der Waals surface area contributed by atoms with Gasteiger partial charge in [-0.3, -0.25) is 4.79 Å². The van der Waals surface area contributed by atoms with Crippen LogP contribution in [0.1, 0.15) is 12.8 Å². The van der Waals surface area contributed by atoms with Crippen LogP contribution in [0.4, 0.5) is 5.69 Å². The van der Waals surface area contributed by atoms with Gasteiger partial charge in [-0.05, 0) is 32.0 Å². The van der Waals surface area contributed by atoms with Crippen molar-refractivity contribution in [3.05, 3.63) is 24.3 Å². The van der Waals surface area contributed by atoms with E-state index in [4.69, 9.17) is 4.74 Å². The summed E-state index contributed by atoms with van der Waals surface area (Å²) in [5.41, 5.74) is 0.526. The number of anilines is 1. The largest absolute Gasteiger partial charge is 0.495 e. The average molecular weight is 234 g/mol. The molecule has 4 heteroatoms. The molecular formula is C13H18N2O2. The molecule has 2 rings (SSSR count). The van der Waals surface area contributed by atoms with Crippen molar-refractivity contribution in [2.75, 3.05) is 26.0 Å². The van der Waals surface area contributed by atoms with Gasteiger partial charge < -0.3 is 15.4 Å². The Morgan fingerprint density at radius 1 is 1.41 bits per heavy atom. The van der Waals surface area contributed by atoms with Crippen LogP contribution in [0.3, 0.4) is 0 Å². The minimum absolute atomic E-state index is 0.0800. The number of nitrogens with one attached hydrogen (secondary N) is 2. The SMILES string of the molecule is CNCC1(C(=O)Nc2ccccc2OC)CC1. The molecule has 1 saturated carbocycles. The summed E-state index contributed by atoms with van der Waals surface area (Å²) in [5.74, 6) is 0.775. The Balaban J connectivity index is 2.08. The molecule has 0 unspecified atom stereocenters. The molecule has 1 aromatic rings. The van der Waals surface area contributed by atoms with Crippen LogP contribution in [-0.4, -0.2) is 26.6 Å². The number of carbonyl (C=O) groups excluding carboxylic acids is 1. The van der Waals surface area contributed by atoms with Gasteiger partial charge in [-0.15, -0.1) is 0 Å². The highest BCUT2D eigenvalue weighted by atomic mass is 16.5. The van der Waals surface area contributed by atoms with E-state index in [0.29, 0.717) is 5.75 Å². The van der Waals surface area contributed by atoms with Gasteiger partial charge in [0, 0.05) is 6.54 Å². The summed E-state index contributed by atoms with van der Waals surface area (Å²) in [4.78, 5) is 12.1. The normalized spacial score (nSPS) is 16.4. The quantitative estimate of drug-likeness (QED) is 0.814. The zero-order chi connectivity index (χ0) is 12.3. The third-order valence-electron chi connectivity index (χ3n) is 3.21. The molecule has 1 fully saturated rings. The number of amides is 1. The zero-order valence-corrected chi connectivity index (χ0v) is 10.2. The number of carbonyl (C=O) groups is 1. The van der Waals surface area contributed by atoms with Gasteiger partial charge in [-0.25, -0.2) is 0 Å². The zero-order valence-electron chi connectivity index (χ0n) is 10.2. The highest BCUT2D eigenvalue weighted by Gasteiger charge is 2.49. The fourth-order valence-corrected chi connectivity index (χ4v) is 1.98. The van der Waals surface area contributed by atoms with Crippen LogP contribution in [0.5, 0.6) is 5.75 Å². The van der Waals surface area contributed by atoms with Crippen molar-refractivity contribution in [1.82, 2.24) is 5.32 Å². The van der Waals surface area contributed by atoms with Crippen LogP contribution in [0, 0.1) is 5.41 Å². The molecule has 0 saturated heterocycles. The van der Waals surface area contributed by atoms with Gasteiger partial charge in [0.15, 0.2) is 0 Å². The Hall–Kier alpha value is -1.55. The van der Waals surface area contributed by atoms with Crippen LogP contribution < -0.4 is 15.4 Å². The lowest BCUT2D eigenvalue weighted by atomic mass is 10.1. The lowest BCUT2D eigenvalue weighted by molar-refractivity contribution is -0.121. The molecule has 1 aliphatic rings. The summed E-state index contributed by atoms with van der Waals surface area (Å²) in [6, 6.07) is 7.46. The molecule has 0 spiro atoms. The number of rotatable bonds is 5. The fraction of sp³-hybridized carbons (Fsp3) is 0.462. The lowest BCUT2D eigenvalue weighted by Gasteiger charge is -2.16. The standard InChI is InChI=1S/C13H18N2O2/c1-14-9-13(7-8-13)12(16)15-10-5-3-4-6-11(10)17-2/h3-6,14H,7-9H2,1-2H3,(H,15,16). The van der Waals surface area contributed by atoms with Gasteiger partial charge in [0.1, 0.15) is 5.75 Å². The van der Waals surface area contributed by atoms with E-state index in [2.05, 4.69) is 10.6 Å². The molecule has 0 radical (unpaired) electrons. The molecular weight excluding hydrogens is 216 g/mol. The van der Waals surface area contributed by atoms with Gasteiger partial charge in [0.2, 0.25) is 5.91 Å². The summed E-state index contributed by atoms with van der Waals surface area (Å²) in [7, 11) is 3.47. The van der Waals surface area contributed by atoms with Crippen LogP contribution in [0.2, 0.25) is 0 Å². The van der Waals surface area contributed by atoms with E-state index in [0.717, 1.165) is 25.1 Å². The maximum absolute atomic E-state index is 12.1. The van der Waals surface area contributed by atoms with Crippen LogP contribution in [-0.2, 0) is 4.79 Å². The summed E-state index contributed by atoms with van der Waals surface area (Å²) < 4.78 is 5.21. The highest BCUT2D eigenvalue weighted by Crippen LogP contribution is 2.46. The summed E-state index contributed by atoms with van der Waals surface area (Å²) in [6.45, 7) is 0.730. The number of methoxy groups -OCH3 is 1. The molecule has 2 N–H and O–H groups in total. The number of benzene rings is 1. The molecule has 0 aliphatic heterocycles. The first kappa shape index (κ1) is 11.9. The average Bonchev–Trinajstić information content (AvgIpc) is 3.11. The van der Waals surface area contributed by atoms with E-state index in [1.54, 1.807) is 7.11 Å². The second-order valence-corrected chi connectivity index (χ2v) is 4.47. The molecule has 17 heavy (non-hydrogen) atoms. The molecule has 1 amide bonds. The first-order valence-electron chi connectivity index (χ1n) is 5.81. The second kappa shape index (κ2) is 4.75. The first-order chi connectivity index (χ1) is 8.22. The fourth-order valence-electron chi connectivity index (χ4n) is 1.98. The van der Waals surface area contributed by atoms with Gasteiger partial charge in [-0.1, -0.05) is 12.1 Å². The van der Waals surface area contributed by atoms with E-state index < -0.39 is 0 Å². The Kier molecular flexibility index (Phi) is 3.33. The van der Waals surface area contributed by atoms with E-state index in [1.807, 2.05) is 31.3 Å². The lowest BCUT2D eigenvalue weighted by Crippen LogP contribution is -2.32. The van der Waals surface area contributed by atoms with Gasteiger partial charge >= 0.3 is 0 Å². The van der Waals surface area contributed by atoms with Gasteiger partial charge in [0.05, 0.1) is 18.2 Å². The molecule has 1 aliphatic carbocycles. The predicted molar refractivity (Wildman–Crippen MR) is 67.2 cm³/mol. The van der Waals surface area contributed by atoms with Crippen molar-refractivity contribution in [3.8, 4) is 5.75 Å². The number of hydrogen-bond donors (Lipinski definition) is 2. The molecule has 1 aromatic carbocycles. The molecule has 0 heterocycles. The van der Waals surface area contributed by atoms with Crippen molar-refractivity contribution in [2.45, 2.75) is 12.8 Å². The molecule has 92 valence electrons. The molecule has 0 bridgehead atoms. The number of hydrogen-bond acceptors (Lipinski definition) is 3. The van der Waals surface area contributed by atoms with Crippen molar-refractivity contribution < 1.29 is 9.53 Å². The van der Waals surface area contributed by atoms with Crippen LogP contribution in [0.25, 0.3) is 0 Å². The van der Waals surface area contributed by atoms with Crippen LogP contribution >= 0.6 is 0 Å². The predicted octanol–water partition coefficient (Wildman–Crippen LogP) is 1.63. The Morgan fingerprint density at radius 2 is 2.12 bits per heavy atom. The Bertz CT molecular complexity index is 414. The van der Waals surface area contributed by atoms with Crippen molar-refractivity contribution in [2.24, 2.45) is 5.41 Å². The first-order valence-corrected chi connectivity index (χ1v) is 5.81. The molecule has 4 nitrogen and oxygen atoms in total. The monoisotopic (exact) mass is 234 g/mol. The van der Waals surface area contributed by atoms with Crippen molar-refractivity contribution in [3.63, 3.8) is 0 Å². The molecule has 0 atom stereocenters. The third kappa shape index (κ3) is 2.42. The van der Waals surface area contributed by atoms with E-state index >= 15 is 0 Å². The minimum Gasteiger partial charge on any atom is -0.495 e. The smallest absolute Gasteiger partial charge is 0.231 e. The Morgan fingerprint density at radius 3 is 2.71 bits per heavy atom. The maximum Gasteiger partial charge on any atom is 0.231 e. The van der Waals surface area contributed by atoms with E-state index in [1.165, 1.54) is 0 Å². The summed E-state index contributed by atoms with van der Waals surface area (Å²) in [5, 5.41) is 6.02. The van der Waals surface area contributed by atoms with Crippen molar-refractivity contribution in [1.29, 1.82) is 0 Å². The second-order valence-electron chi connectivity index (χ2n) is 4.47. The molecule has 0 aromatic heterocycles. The van der Waals surface area contributed by atoms with Crippen molar-refractivity contribution >= 4 is 11.6 Å². The highest BCUT2D eigenvalue weighted by molar-refractivity contribution is 5.98. The summed E-state index contributed by atoms with van der Waals surface area (Å²) in [6.07, 6.45) is 1.91. The van der Waals surface area contributed by atoms with E-state index in [9.17, 15) is 4.79 Å². The topological polar surface area (TPSA) is 50.4 Å². The maximum atomic E-state index is 12.1.